The van der Waals surface area contributed by atoms with Crippen LogP contribution in [-0.4, -0.2) is 54.6 Å². The van der Waals surface area contributed by atoms with Crippen LogP contribution in [0.1, 0.15) is 32.6 Å². The highest BCUT2D eigenvalue weighted by molar-refractivity contribution is 4.89. The summed E-state index contributed by atoms with van der Waals surface area (Å²) in [5, 5.41) is 9.63. The summed E-state index contributed by atoms with van der Waals surface area (Å²) in [5.41, 5.74) is -2.51. The molecule has 18 heavy (non-hydrogen) atoms. The van der Waals surface area contributed by atoms with Crippen molar-refractivity contribution in [3.63, 3.8) is 0 Å². The number of aliphatic hydroxyl groups is 1. The highest BCUT2D eigenvalue weighted by atomic mass is 19.4. The lowest BCUT2D eigenvalue weighted by Gasteiger charge is -2.29. The van der Waals surface area contributed by atoms with Gasteiger partial charge in [0.2, 0.25) is 0 Å². The van der Waals surface area contributed by atoms with Gasteiger partial charge in [-0.25, -0.2) is 0 Å². The molecule has 1 saturated heterocycles. The Balaban J connectivity index is 2.37. The zero-order valence-corrected chi connectivity index (χ0v) is 10.8. The molecule has 1 heterocycles. The van der Waals surface area contributed by atoms with E-state index in [1.165, 1.54) is 0 Å². The van der Waals surface area contributed by atoms with Gasteiger partial charge in [-0.3, -0.25) is 0 Å². The molecule has 0 saturated carbocycles. The van der Waals surface area contributed by atoms with Crippen molar-refractivity contribution >= 4 is 0 Å². The smallest absolute Gasteiger partial charge is 0.380 e. The molecule has 1 fully saturated rings. The number of likely N-dealkylation sites (tertiary alicyclic amines) is 1. The maximum absolute atomic E-state index is 12.7. The molecule has 0 amide bonds. The van der Waals surface area contributed by atoms with Crippen LogP contribution in [0, 0.1) is 0 Å². The van der Waals surface area contributed by atoms with Crippen molar-refractivity contribution in [2.75, 3.05) is 32.8 Å². The van der Waals surface area contributed by atoms with Crippen molar-refractivity contribution in [1.29, 1.82) is 0 Å². The van der Waals surface area contributed by atoms with Gasteiger partial charge in [0.1, 0.15) is 0 Å². The van der Waals surface area contributed by atoms with Gasteiger partial charge in [-0.1, -0.05) is 6.92 Å². The molecular formula is C12H22F3NO2. The van der Waals surface area contributed by atoms with Gasteiger partial charge in [0.05, 0.1) is 6.61 Å². The van der Waals surface area contributed by atoms with Crippen LogP contribution in [0.3, 0.4) is 0 Å². The minimum absolute atomic E-state index is 0.206. The van der Waals surface area contributed by atoms with E-state index in [4.69, 9.17) is 4.74 Å². The van der Waals surface area contributed by atoms with E-state index in [0.29, 0.717) is 32.7 Å². The topological polar surface area (TPSA) is 32.7 Å². The van der Waals surface area contributed by atoms with Gasteiger partial charge in [0.15, 0.2) is 5.60 Å². The maximum atomic E-state index is 12.7. The number of rotatable bonds is 5. The second-order valence-electron chi connectivity index (χ2n) is 4.84. The highest BCUT2D eigenvalue weighted by Gasteiger charge is 2.53. The maximum Gasteiger partial charge on any atom is 0.417 e. The molecule has 6 heteroatoms. The fourth-order valence-corrected chi connectivity index (χ4v) is 2.12. The van der Waals surface area contributed by atoms with Crippen molar-refractivity contribution in [2.24, 2.45) is 0 Å². The minimum Gasteiger partial charge on any atom is -0.380 e. The lowest BCUT2D eigenvalue weighted by Crippen LogP contribution is -2.45. The number of nitrogens with zero attached hydrogens (tertiary/aromatic N) is 1. The third-order valence-corrected chi connectivity index (χ3v) is 3.33. The molecule has 108 valence electrons. The average Bonchev–Trinajstić information content (AvgIpc) is 2.47. The van der Waals surface area contributed by atoms with Crippen LogP contribution >= 0.6 is 0 Å². The molecule has 1 aliphatic heterocycles. The van der Waals surface area contributed by atoms with Gasteiger partial charge >= 0.3 is 6.18 Å². The van der Waals surface area contributed by atoms with Crippen molar-refractivity contribution in [2.45, 2.75) is 44.4 Å². The molecule has 0 aromatic rings. The highest BCUT2D eigenvalue weighted by Crippen LogP contribution is 2.38. The first-order valence-electron chi connectivity index (χ1n) is 6.48. The summed E-state index contributed by atoms with van der Waals surface area (Å²) in [7, 11) is 0. The minimum atomic E-state index is -4.53. The van der Waals surface area contributed by atoms with E-state index >= 15 is 0 Å². The van der Waals surface area contributed by atoms with E-state index in [0.717, 1.165) is 6.42 Å². The summed E-state index contributed by atoms with van der Waals surface area (Å²) in [6, 6.07) is 0. The third-order valence-electron chi connectivity index (χ3n) is 3.33. The molecule has 1 rings (SSSR count). The first-order valence-corrected chi connectivity index (χ1v) is 6.48. The molecule has 1 N–H and O–H groups in total. The van der Waals surface area contributed by atoms with E-state index < -0.39 is 11.8 Å². The first-order chi connectivity index (χ1) is 8.39. The van der Waals surface area contributed by atoms with E-state index in [9.17, 15) is 18.3 Å². The fourth-order valence-electron chi connectivity index (χ4n) is 2.12. The van der Waals surface area contributed by atoms with E-state index in [-0.39, 0.29) is 19.4 Å². The Kier molecular flexibility index (Phi) is 5.88. The Morgan fingerprint density at radius 1 is 1.22 bits per heavy atom. The van der Waals surface area contributed by atoms with Crippen LogP contribution in [-0.2, 0) is 4.74 Å². The van der Waals surface area contributed by atoms with Crippen molar-refractivity contribution in [1.82, 2.24) is 4.90 Å². The molecular weight excluding hydrogens is 247 g/mol. The quantitative estimate of drug-likeness (QED) is 0.777. The Morgan fingerprint density at radius 2 is 1.94 bits per heavy atom. The first kappa shape index (κ1) is 15.7. The molecule has 0 aliphatic carbocycles. The number of ether oxygens (including phenoxy) is 1. The lowest BCUT2D eigenvalue weighted by atomic mass is 9.94. The SMILES string of the molecule is CCCOCCN1CCCC(O)(C(F)(F)F)CC1. The standard InChI is InChI=1S/C12H22F3NO2/c1-2-9-18-10-8-16-6-3-4-11(17,5-7-16)12(13,14)15/h17H,2-10H2,1H3. The van der Waals surface area contributed by atoms with Gasteiger partial charge in [-0.15, -0.1) is 0 Å². The van der Waals surface area contributed by atoms with Crippen LogP contribution in [0.5, 0.6) is 0 Å². The van der Waals surface area contributed by atoms with E-state index in [2.05, 4.69) is 0 Å². The summed E-state index contributed by atoms with van der Waals surface area (Å²) >= 11 is 0. The zero-order valence-electron chi connectivity index (χ0n) is 10.8. The number of hydrogen-bond acceptors (Lipinski definition) is 3. The zero-order chi connectivity index (χ0) is 13.6. The van der Waals surface area contributed by atoms with E-state index in [1.807, 2.05) is 11.8 Å². The van der Waals surface area contributed by atoms with Crippen LogP contribution in [0.2, 0.25) is 0 Å². The summed E-state index contributed by atoms with van der Waals surface area (Å²) in [6.07, 6.45) is -3.67. The van der Waals surface area contributed by atoms with Crippen LogP contribution < -0.4 is 0 Å². The average molecular weight is 269 g/mol. The molecule has 0 aromatic heterocycles. The second-order valence-corrected chi connectivity index (χ2v) is 4.84. The van der Waals surface area contributed by atoms with E-state index in [1.54, 1.807) is 0 Å². The summed E-state index contributed by atoms with van der Waals surface area (Å²) in [5.74, 6) is 0. The summed E-state index contributed by atoms with van der Waals surface area (Å²) in [6.45, 7) is 4.72. The number of alkyl halides is 3. The van der Waals surface area contributed by atoms with Crippen LogP contribution in [0.25, 0.3) is 0 Å². The van der Waals surface area contributed by atoms with Gasteiger partial charge in [0, 0.05) is 19.7 Å². The largest absolute Gasteiger partial charge is 0.417 e. The predicted molar refractivity (Wildman–Crippen MR) is 62.4 cm³/mol. The van der Waals surface area contributed by atoms with Crippen molar-refractivity contribution in [3.8, 4) is 0 Å². The summed E-state index contributed by atoms with van der Waals surface area (Å²) in [4.78, 5) is 1.93. The Morgan fingerprint density at radius 3 is 2.56 bits per heavy atom. The number of hydrogen-bond donors (Lipinski definition) is 1. The predicted octanol–water partition coefficient (Wildman–Crippen LogP) is 2.19. The molecule has 0 radical (unpaired) electrons. The second kappa shape index (κ2) is 6.73. The van der Waals surface area contributed by atoms with Gasteiger partial charge in [0.25, 0.3) is 0 Å². The van der Waals surface area contributed by atoms with Gasteiger partial charge in [-0.05, 0) is 32.2 Å². The molecule has 0 spiro atoms. The Labute approximate surface area is 106 Å². The van der Waals surface area contributed by atoms with Crippen LogP contribution in [0.4, 0.5) is 13.2 Å². The molecule has 3 nitrogen and oxygen atoms in total. The normalized spacial score (nSPS) is 27.2. The molecule has 1 atom stereocenters. The summed E-state index contributed by atoms with van der Waals surface area (Å²) < 4.78 is 43.4. The Bertz CT molecular complexity index is 248. The van der Waals surface area contributed by atoms with Gasteiger partial charge < -0.3 is 14.7 Å². The van der Waals surface area contributed by atoms with Crippen molar-refractivity contribution < 1.29 is 23.0 Å². The Hall–Kier alpha value is -0.330. The van der Waals surface area contributed by atoms with Crippen LogP contribution in [0.15, 0.2) is 0 Å². The fraction of sp³-hybridized carbons (Fsp3) is 1.00. The number of halogens is 3. The molecule has 0 bridgehead atoms. The van der Waals surface area contributed by atoms with Crippen molar-refractivity contribution in [3.05, 3.63) is 0 Å². The molecule has 1 aliphatic rings. The van der Waals surface area contributed by atoms with Gasteiger partial charge in [-0.2, -0.15) is 13.2 Å². The molecule has 1 unspecified atom stereocenters. The molecule has 0 aromatic carbocycles. The lowest BCUT2D eigenvalue weighted by molar-refractivity contribution is -0.263. The monoisotopic (exact) mass is 269 g/mol. The third kappa shape index (κ3) is 4.40.